The number of aryl methyl sites for hydroxylation is 1. The zero-order valence-corrected chi connectivity index (χ0v) is 17.4. The maximum Gasteiger partial charge on any atom is 0.167 e. The lowest BCUT2D eigenvalue weighted by atomic mass is 10.0. The predicted molar refractivity (Wildman–Crippen MR) is 126 cm³/mol. The summed E-state index contributed by atoms with van der Waals surface area (Å²) in [5, 5.41) is 2.14. The number of nitrogens with zero attached hydrogens (tertiary/aromatic N) is 4. The Labute approximate surface area is 184 Å². The molecule has 0 N–H and O–H groups in total. The van der Waals surface area contributed by atoms with Gasteiger partial charge in [0.2, 0.25) is 0 Å². The molecule has 3 heterocycles. The van der Waals surface area contributed by atoms with Crippen LogP contribution in [0.15, 0.2) is 95.7 Å². The summed E-state index contributed by atoms with van der Waals surface area (Å²) in [6.45, 7) is 1.89. The van der Waals surface area contributed by atoms with Crippen LogP contribution in [-0.2, 0) is 0 Å². The molecule has 5 heteroatoms. The van der Waals surface area contributed by atoms with Crippen LogP contribution >= 0.6 is 0 Å². The van der Waals surface area contributed by atoms with Crippen molar-refractivity contribution in [2.24, 2.45) is 0 Å². The third-order valence-electron chi connectivity index (χ3n) is 5.51. The van der Waals surface area contributed by atoms with Gasteiger partial charge in [0.05, 0.1) is 5.56 Å². The van der Waals surface area contributed by atoms with Gasteiger partial charge in [-0.05, 0) is 36.8 Å². The monoisotopic (exact) mass is 414 g/mol. The second kappa shape index (κ2) is 7.39. The first kappa shape index (κ1) is 18.4. The largest absolute Gasteiger partial charge is 0.455 e. The van der Waals surface area contributed by atoms with E-state index in [0.717, 1.165) is 44.2 Å². The van der Waals surface area contributed by atoms with E-state index in [1.165, 1.54) is 0 Å². The number of para-hydroxylation sites is 2. The molecule has 0 aliphatic heterocycles. The average molecular weight is 414 g/mol. The molecule has 0 atom stereocenters. The maximum absolute atomic E-state index is 6.19. The summed E-state index contributed by atoms with van der Waals surface area (Å²) in [7, 11) is 0. The van der Waals surface area contributed by atoms with E-state index < -0.39 is 0 Å². The fourth-order valence-corrected chi connectivity index (χ4v) is 4.03. The van der Waals surface area contributed by atoms with E-state index in [2.05, 4.69) is 39.2 Å². The predicted octanol–water partition coefficient (Wildman–Crippen LogP) is 6.48. The Bertz CT molecular complexity index is 1590. The summed E-state index contributed by atoms with van der Waals surface area (Å²) in [5.41, 5.74) is 5.53. The van der Waals surface area contributed by atoms with Crippen molar-refractivity contribution in [2.75, 3.05) is 0 Å². The van der Waals surface area contributed by atoms with Crippen LogP contribution in [0.2, 0.25) is 0 Å². The highest BCUT2D eigenvalue weighted by Gasteiger charge is 2.16. The fourth-order valence-electron chi connectivity index (χ4n) is 4.03. The Morgan fingerprint density at radius 2 is 1.44 bits per heavy atom. The summed E-state index contributed by atoms with van der Waals surface area (Å²) >= 11 is 0. The van der Waals surface area contributed by atoms with Gasteiger partial charge in [0.15, 0.2) is 11.6 Å². The maximum atomic E-state index is 6.19. The van der Waals surface area contributed by atoms with Crippen LogP contribution in [-0.4, -0.2) is 19.9 Å². The van der Waals surface area contributed by atoms with Gasteiger partial charge in [0.1, 0.15) is 17.0 Å². The van der Waals surface area contributed by atoms with E-state index in [1.807, 2.05) is 67.7 Å². The molecule has 0 saturated carbocycles. The van der Waals surface area contributed by atoms with Gasteiger partial charge in [-0.1, -0.05) is 54.6 Å². The van der Waals surface area contributed by atoms with E-state index in [4.69, 9.17) is 9.40 Å². The molecule has 152 valence electrons. The Morgan fingerprint density at radius 1 is 0.656 bits per heavy atom. The molecular formula is C27H18N4O. The van der Waals surface area contributed by atoms with Crippen molar-refractivity contribution in [3.05, 3.63) is 97.1 Å². The smallest absolute Gasteiger partial charge is 0.167 e. The van der Waals surface area contributed by atoms with Crippen LogP contribution in [0.1, 0.15) is 5.82 Å². The van der Waals surface area contributed by atoms with Crippen LogP contribution < -0.4 is 0 Å². The molecule has 3 aromatic heterocycles. The molecule has 6 rings (SSSR count). The molecule has 0 aliphatic carbocycles. The number of hydrogen-bond donors (Lipinski definition) is 0. The Balaban J connectivity index is 1.51. The first-order valence-electron chi connectivity index (χ1n) is 10.4. The third-order valence-corrected chi connectivity index (χ3v) is 5.51. The van der Waals surface area contributed by atoms with Crippen molar-refractivity contribution in [2.45, 2.75) is 6.92 Å². The number of furan rings is 1. The Kier molecular flexibility index (Phi) is 4.25. The van der Waals surface area contributed by atoms with Crippen molar-refractivity contribution in [1.29, 1.82) is 0 Å². The molecule has 0 unspecified atom stereocenters. The summed E-state index contributed by atoms with van der Waals surface area (Å²) in [6, 6.07) is 26.3. The molecule has 6 aromatic rings. The summed E-state index contributed by atoms with van der Waals surface area (Å²) < 4.78 is 6.19. The van der Waals surface area contributed by atoms with Crippen molar-refractivity contribution >= 4 is 21.9 Å². The van der Waals surface area contributed by atoms with Gasteiger partial charge >= 0.3 is 0 Å². The van der Waals surface area contributed by atoms with Gasteiger partial charge in [-0.2, -0.15) is 0 Å². The minimum atomic E-state index is 0.601. The first-order chi connectivity index (χ1) is 15.8. The van der Waals surface area contributed by atoms with Crippen LogP contribution in [0.5, 0.6) is 0 Å². The lowest BCUT2D eigenvalue weighted by Crippen LogP contribution is -1.99. The fraction of sp³-hybridized carbons (Fsp3) is 0.0370. The van der Waals surface area contributed by atoms with Gasteiger partial charge in [-0.3, -0.25) is 4.98 Å². The van der Waals surface area contributed by atoms with Crippen LogP contribution in [0.4, 0.5) is 0 Å². The second-order valence-electron chi connectivity index (χ2n) is 7.63. The normalized spacial score (nSPS) is 11.3. The van der Waals surface area contributed by atoms with Crippen LogP contribution in [0.3, 0.4) is 0 Å². The van der Waals surface area contributed by atoms with Gasteiger partial charge in [0, 0.05) is 34.3 Å². The zero-order valence-electron chi connectivity index (χ0n) is 17.4. The lowest BCUT2D eigenvalue weighted by molar-refractivity contribution is 0.669. The van der Waals surface area contributed by atoms with Gasteiger partial charge < -0.3 is 4.42 Å². The second-order valence-corrected chi connectivity index (χ2v) is 7.63. The highest BCUT2D eigenvalue weighted by molar-refractivity contribution is 6.09. The molecule has 5 nitrogen and oxygen atoms in total. The van der Waals surface area contributed by atoms with Crippen molar-refractivity contribution in [3.8, 4) is 33.9 Å². The molecular weight excluding hydrogens is 396 g/mol. The molecule has 0 bridgehead atoms. The first-order valence-corrected chi connectivity index (χ1v) is 10.4. The quantitative estimate of drug-likeness (QED) is 0.332. The van der Waals surface area contributed by atoms with Gasteiger partial charge in [-0.25, -0.2) is 15.0 Å². The van der Waals surface area contributed by atoms with Crippen LogP contribution in [0.25, 0.3) is 55.8 Å². The number of benzene rings is 3. The Morgan fingerprint density at radius 3 is 2.34 bits per heavy atom. The lowest BCUT2D eigenvalue weighted by Gasteiger charge is -2.08. The third kappa shape index (κ3) is 3.11. The molecule has 0 radical (unpaired) electrons. The Hall–Kier alpha value is -4.38. The number of aromatic nitrogens is 4. The molecule has 0 aliphatic rings. The highest BCUT2D eigenvalue weighted by Crippen LogP contribution is 2.35. The van der Waals surface area contributed by atoms with Gasteiger partial charge in [0.25, 0.3) is 0 Å². The van der Waals surface area contributed by atoms with Crippen LogP contribution in [0, 0.1) is 6.92 Å². The summed E-state index contributed by atoms with van der Waals surface area (Å²) in [5.74, 6) is 1.89. The number of hydrogen-bond acceptors (Lipinski definition) is 5. The van der Waals surface area contributed by atoms with E-state index in [1.54, 1.807) is 6.20 Å². The molecule has 0 spiro atoms. The van der Waals surface area contributed by atoms with E-state index in [9.17, 15) is 0 Å². The van der Waals surface area contributed by atoms with Crippen molar-refractivity contribution in [3.63, 3.8) is 0 Å². The molecule has 3 aromatic carbocycles. The SMILES string of the molecule is Cc1nc(-c2cccc(-c3cccnc3)c2)nc(-c2cccc3c2oc2ccccc23)n1. The molecule has 0 amide bonds. The molecule has 0 fully saturated rings. The summed E-state index contributed by atoms with van der Waals surface area (Å²) in [6.07, 6.45) is 3.62. The minimum Gasteiger partial charge on any atom is -0.455 e. The van der Waals surface area contributed by atoms with Crippen molar-refractivity contribution in [1.82, 2.24) is 19.9 Å². The standard InChI is InChI=1S/C27H18N4O/c1-17-29-26(19-8-4-7-18(15-19)20-9-6-14-28-16-20)31-27(30-17)23-12-5-11-22-21-10-2-3-13-24(21)32-25(22)23/h2-16H,1H3. The molecule has 32 heavy (non-hydrogen) atoms. The summed E-state index contributed by atoms with van der Waals surface area (Å²) in [4.78, 5) is 18.3. The zero-order chi connectivity index (χ0) is 21.5. The highest BCUT2D eigenvalue weighted by atomic mass is 16.3. The van der Waals surface area contributed by atoms with E-state index in [0.29, 0.717) is 17.5 Å². The molecule has 0 saturated heterocycles. The number of rotatable bonds is 3. The minimum absolute atomic E-state index is 0.601. The number of fused-ring (bicyclic) bond motifs is 3. The topological polar surface area (TPSA) is 64.7 Å². The number of pyridine rings is 1. The van der Waals surface area contributed by atoms with E-state index >= 15 is 0 Å². The van der Waals surface area contributed by atoms with Gasteiger partial charge in [-0.15, -0.1) is 0 Å². The average Bonchev–Trinajstić information content (AvgIpc) is 3.23. The van der Waals surface area contributed by atoms with E-state index in [-0.39, 0.29) is 0 Å². The van der Waals surface area contributed by atoms with Crippen molar-refractivity contribution < 1.29 is 4.42 Å².